The van der Waals surface area contributed by atoms with E-state index in [4.69, 9.17) is 9.84 Å². The summed E-state index contributed by atoms with van der Waals surface area (Å²) in [7, 11) is 2.21. The number of carboxylic acids is 1. The van der Waals surface area contributed by atoms with Gasteiger partial charge < -0.3 is 14.7 Å². The van der Waals surface area contributed by atoms with E-state index in [0.29, 0.717) is 6.61 Å². The Morgan fingerprint density at radius 3 is 2.68 bits per heavy atom. The van der Waals surface area contributed by atoms with Crippen molar-refractivity contribution in [2.45, 2.75) is 50.7 Å². The molecule has 1 N–H and O–H groups in total. The molecule has 5 rings (SSSR count). The van der Waals surface area contributed by atoms with Crippen LogP contribution in [0.15, 0.2) is 54.7 Å². The Labute approximate surface area is 222 Å². The normalized spacial score (nSPS) is 17.2. The lowest BCUT2D eigenvalue weighted by Gasteiger charge is -2.39. The minimum atomic E-state index is -0.852. The van der Waals surface area contributed by atoms with Crippen LogP contribution in [0.3, 0.4) is 0 Å². The smallest absolute Gasteiger partial charge is 0.304 e. The number of benzene rings is 2. The van der Waals surface area contributed by atoms with Crippen LogP contribution in [0, 0.1) is 11.8 Å². The lowest BCUT2D eigenvalue weighted by atomic mass is 9.74. The Morgan fingerprint density at radius 2 is 1.95 bits per heavy atom. The SMILES string of the molecule is CC#CC(CC(=O)O)c1ccc(OCc2cnc(CN3CCC4(CC3)CN(C)c3ccccc34)s2)cc1. The number of piperidine rings is 1. The van der Waals surface area contributed by atoms with Crippen LogP contribution in [-0.2, 0) is 23.4 Å². The van der Waals surface area contributed by atoms with Crippen LogP contribution in [0.5, 0.6) is 5.75 Å². The van der Waals surface area contributed by atoms with Crippen molar-refractivity contribution < 1.29 is 14.6 Å². The maximum atomic E-state index is 11.1. The van der Waals surface area contributed by atoms with Crippen molar-refractivity contribution in [2.24, 2.45) is 0 Å². The first-order valence-electron chi connectivity index (χ1n) is 12.8. The van der Waals surface area contributed by atoms with Gasteiger partial charge in [0.05, 0.1) is 23.8 Å². The van der Waals surface area contributed by atoms with Gasteiger partial charge in [-0.3, -0.25) is 9.69 Å². The number of nitrogens with zero attached hydrogens (tertiary/aromatic N) is 3. The number of anilines is 1. The summed E-state index contributed by atoms with van der Waals surface area (Å²) in [6.45, 7) is 6.38. The van der Waals surface area contributed by atoms with Crippen molar-refractivity contribution in [3.63, 3.8) is 0 Å². The summed E-state index contributed by atoms with van der Waals surface area (Å²) >= 11 is 1.71. The molecule has 0 saturated carbocycles. The molecule has 1 atom stereocenters. The molecule has 37 heavy (non-hydrogen) atoms. The molecule has 1 unspecified atom stereocenters. The maximum Gasteiger partial charge on any atom is 0.304 e. The van der Waals surface area contributed by atoms with Crippen molar-refractivity contribution in [1.29, 1.82) is 0 Å². The fourth-order valence-corrected chi connectivity index (χ4v) is 6.56. The van der Waals surface area contributed by atoms with Crippen LogP contribution < -0.4 is 9.64 Å². The van der Waals surface area contributed by atoms with Gasteiger partial charge in [0.1, 0.15) is 17.4 Å². The van der Waals surface area contributed by atoms with Gasteiger partial charge in [-0.1, -0.05) is 36.3 Å². The number of ether oxygens (including phenoxy) is 1. The van der Waals surface area contributed by atoms with Gasteiger partial charge in [-0.2, -0.15) is 0 Å². The molecule has 3 aromatic rings. The molecular formula is C30H33N3O3S. The lowest BCUT2D eigenvalue weighted by molar-refractivity contribution is -0.137. The van der Waals surface area contributed by atoms with E-state index in [0.717, 1.165) is 47.4 Å². The van der Waals surface area contributed by atoms with E-state index in [-0.39, 0.29) is 17.8 Å². The molecule has 1 saturated heterocycles. The molecule has 0 radical (unpaired) electrons. The zero-order chi connectivity index (χ0) is 25.8. The Hall–Kier alpha value is -3.34. The second-order valence-corrected chi connectivity index (χ2v) is 11.3. The number of rotatable bonds is 8. The molecule has 192 valence electrons. The monoisotopic (exact) mass is 515 g/mol. The van der Waals surface area contributed by atoms with E-state index in [1.165, 1.54) is 24.1 Å². The Bertz CT molecular complexity index is 1300. The predicted octanol–water partition coefficient (Wildman–Crippen LogP) is 5.29. The van der Waals surface area contributed by atoms with E-state index in [1.807, 2.05) is 30.5 Å². The van der Waals surface area contributed by atoms with Crippen molar-refractivity contribution in [3.05, 3.63) is 75.7 Å². The highest BCUT2D eigenvalue weighted by molar-refractivity contribution is 7.11. The molecular weight excluding hydrogens is 482 g/mol. The molecule has 2 aromatic carbocycles. The first-order chi connectivity index (χ1) is 18.0. The van der Waals surface area contributed by atoms with Gasteiger partial charge in [-0.15, -0.1) is 17.3 Å². The first-order valence-corrected chi connectivity index (χ1v) is 13.6. The molecule has 0 aliphatic carbocycles. The van der Waals surface area contributed by atoms with Crippen LogP contribution in [-0.4, -0.2) is 47.6 Å². The zero-order valence-electron chi connectivity index (χ0n) is 21.4. The molecule has 6 nitrogen and oxygen atoms in total. The largest absolute Gasteiger partial charge is 0.488 e. The summed E-state index contributed by atoms with van der Waals surface area (Å²) in [5.41, 5.74) is 4.09. The lowest BCUT2D eigenvalue weighted by Crippen LogP contribution is -2.44. The summed E-state index contributed by atoms with van der Waals surface area (Å²) in [4.78, 5) is 21.8. The van der Waals surface area contributed by atoms with Crippen LogP contribution in [0.4, 0.5) is 5.69 Å². The van der Waals surface area contributed by atoms with Gasteiger partial charge in [0.25, 0.3) is 0 Å². The standard InChI is InChI=1S/C30H33N3O3S/c1-3-6-23(17-29(34)35)22-9-11-24(12-10-22)36-20-25-18-31-28(37-25)19-33-15-13-30(14-16-33)21-32(2)27-8-5-4-7-26(27)30/h4-5,7-12,18,23H,13-17,19-21H2,1-2H3,(H,34,35). The van der Waals surface area contributed by atoms with Crippen molar-refractivity contribution in [2.75, 3.05) is 31.6 Å². The Morgan fingerprint density at radius 1 is 1.19 bits per heavy atom. The molecule has 3 heterocycles. The third kappa shape index (κ3) is 5.66. The number of hydrogen-bond acceptors (Lipinski definition) is 6. The van der Waals surface area contributed by atoms with Crippen molar-refractivity contribution >= 4 is 23.0 Å². The number of likely N-dealkylation sites (tertiary alicyclic amines) is 1. The average Bonchev–Trinajstić information content (AvgIpc) is 3.46. The van der Waals surface area contributed by atoms with E-state index in [9.17, 15) is 4.79 Å². The fourth-order valence-electron chi connectivity index (χ4n) is 5.68. The molecule has 2 aliphatic rings. The van der Waals surface area contributed by atoms with Gasteiger partial charge in [-0.05, 0) is 62.2 Å². The molecule has 1 fully saturated rings. The van der Waals surface area contributed by atoms with E-state index in [2.05, 4.69) is 57.9 Å². The third-order valence-corrected chi connectivity index (χ3v) is 8.52. The average molecular weight is 516 g/mol. The molecule has 2 aliphatic heterocycles. The number of fused-ring (bicyclic) bond motifs is 2. The zero-order valence-corrected chi connectivity index (χ0v) is 22.3. The quantitative estimate of drug-likeness (QED) is 0.412. The third-order valence-electron chi connectivity index (χ3n) is 7.56. The number of thiazole rings is 1. The highest BCUT2D eigenvalue weighted by Gasteiger charge is 2.43. The minimum Gasteiger partial charge on any atom is -0.488 e. The van der Waals surface area contributed by atoms with Gasteiger partial charge in [0, 0.05) is 30.9 Å². The number of carboxylic acid groups (broad SMARTS) is 1. The van der Waals surface area contributed by atoms with E-state index >= 15 is 0 Å². The molecule has 1 aromatic heterocycles. The summed E-state index contributed by atoms with van der Waals surface area (Å²) in [5, 5.41) is 10.3. The molecule has 0 bridgehead atoms. The summed E-state index contributed by atoms with van der Waals surface area (Å²) < 4.78 is 5.98. The first kappa shape index (κ1) is 25.3. The van der Waals surface area contributed by atoms with Gasteiger partial charge in [0.2, 0.25) is 0 Å². The number of likely N-dealkylation sites (N-methyl/N-ethyl adjacent to an activating group) is 1. The molecule has 1 spiro atoms. The number of para-hydroxylation sites is 1. The Balaban J connectivity index is 1.12. The van der Waals surface area contributed by atoms with Crippen LogP contribution >= 0.6 is 11.3 Å². The summed E-state index contributed by atoms with van der Waals surface area (Å²) in [5.74, 6) is 5.39. The van der Waals surface area contributed by atoms with Crippen molar-refractivity contribution in [3.8, 4) is 17.6 Å². The van der Waals surface area contributed by atoms with Crippen molar-refractivity contribution in [1.82, 2.24) is 9.88 Å². The van der Waals surface area contributed by atoms with Gasteiger partial charge in [0.15, 0.2) is 0 Å². The minimum absolute atomic E-state index is 0.00692. The van der Waals surface area contributed by atoms with E-state index < -0.39 is 5.97 Å². The number of aliphatic carboxylic acids is 1. The van der Waals surface area contributed by atoms with Gasteiger partial charge >= 0.3 is 5.97 Å². The number of hydrogen-bond donors (Lipinski definition) is 1. The second kappa shape index (κ2) is 11.0. The molecule has 0 amide bonds. The molecule has 7 heteroatoms. The second-order valence-electron chi connectivity index (χ2n) is 10.1. The van der Waals surface area contributed by atoms with Gasteiger partial charge in [-0.25, -0.2) is 4.98 Å². The predicted molar refractivity (Wildman–Crippen MR) is 147 cm³/mol. The topological polar surface area (TPSA) is 65.9 Å². The maximum absolute atomic E-state index is 11.1. The fraction of sp³-hybridized carbons (Fsp3) is 0.400. The number of aromatic nitrogens is 1. The van der Waals surface area contributed by atoms with Crippen LogP contribution in [0.2, 0.25) is 0 Å². The van der Waals surface area contributed by atoms with Crippen LogP contribution in [0.1, 0.15) is 53.1 Å². The Kier molecular flexibility index (Phi) is 7.50. The highest BCUT2D eigenvalue weighted by Crippen LogP contribution is 2.46. The van der Waals surface area contributed by atoms with Crippen LogP contribution in [0.25, 0.3) is 0 Å². The number of carbonyl (C=O) groups is 1. The van der Waals surface area contributed by atoms with E-state index in [1.54, 1.807) is 18.3 Å². The summed E-state index contributed by atoms with van der Waals surface area (Å²) in [6.07, 6.45) is 4.28. The highest BCUT2D eigenvalue weighted by atomic mass is 32.1. The summed E-state index contributed by atoms with van der Waals surface area (Å²) in [6, 6.07) is 16.4.